The zero-order chi connectivity index (χ0) is 74.0. The molecule has 0 spiro atoms. The van der Waals surface area contributed by atoms with Crippen LogP contribution < -0.4 is 0 Å². The summed E-state index contributed by atoms with van der Waals surface area (Å²) in [4.78, 5) is 21.0. The van der Waals surface area contributed by atoms with Crippen LogP contribution in [-0.4, -0.2) is 19.9 Å². The first-order chi connectivity index (χ1) is 55.4. The Bertz CT molecular complexity index is 7240. The average molecular weight is 1500 g/mol. The van der Waals surface area contributed by atoms with Crippen molar-refractivity contribution in [1.82, 2.24) is 19.9 Å². The maximum absolute atomic E-state index is 5.36. The molecule has 0 bridgehead atoms. The topological polar surface area (TPSA) is 51.6 Å². The Balaban J connectivity index is 0.000000141. The predicted octanol–water partition coefficient (Wildman–Crippen LogP) is 30.4. The van der Waals surface area contributed by atoms with Crippen LogP contribution in [0.2, 0.25) is 0 Å². The summed E-state index contributed by atoms with van der Waals surface area (Å²) in [5.41, 5.74) is 23.9. The van der Waals surface area contributed by atoms with Gasteiger partial charge in [0.1, 0.15) is 0 Å². The van der Waals surface area contributed by atoms with Crippen molar-refractivity contribution in [3.8, 4) is 135 Å². The Morgan fingerprint density at radius 1 is 0.143 bits per heavy atom. The molecule has 0 aliphatic rings. The van der Waals surface area contributed by atoms with Gasteiger partial charge in [0.05, 0.1) is 22.8 Å². The molecule has 22 rings (SSSR count). The van der Waals surface area contributed by atoms with Crippen LogP contribution in [0.15, 0.2) is 388 Å². The van der Waals surface area contributed by atoms with Crippen LogP contribution in [0, 0.1) is 0 Å². The van der Waals surface area contributed by atoms with Crippen molar-refractivity contribution in [2.75, 3.05) is 0 Å². The fourth-order valence-electron chi connectivity index (χ4n) is 15.9. The quantitative estimate of drug-likeness (QED) is 0.122. The van der Waals surface area contributed by atoms with E-state index in [4.69, 9.17) is 19.9 Å². The summed E-state index contributed by atoms with van der Waals surface area (Å²) < 4.78 is 10.4. The van der Waals surface area contributed by atoms with E-state index in [1.807, 2.05) is 69.6 Å². The molecular formula is C104H64N4S4. The van der Waals surface area contributed by atoms with Crippen molar-refractivity contribution in [2.24, 2.45) is 0 Å². The monoisotopic (exact) mass is 1500 g/mol. The highest BCUT2D eigenvalue weighted by Gasteiger charge is 2.23. The van der Waals surface area contributed by atoms with E-state index in [0.717, 1.165) is 67.3 Å². The second-order valence-corrected chi connectivity index (χ2v) is 32.6. The first-order valence-corrected chi connectivity index (χ1v) is 40.9. The Hall–Kier alpha value is -13.4. The van der Waals surface area contributed by atoms with E-state index in [0.29, 0.717) is 11.6 Å². The van der Waals surface area contributed by atoms with Gasteiger partial charge >= 0.3 is 0 Å². The third-order valence-corrected chi connectivity index (χ3v) is 26.1. The molecule has 112 heavy (non-hydrogen) atoms. The summed E-state index contributed by atoms with van der Waals surface area (Å²) in [7, 11) is 0. The van der Waals surface area contributed by atoms with Gasteiger partial charge in [-0.3, -0.25) is 0 Å². The van der Waals surface area contributed by atoms with Gasteiger partial charge in [0.2, 0.25) is 0 Å². The van der Waals surface area contributed by atoms with Gasteiger partial charge in [0.25, 0.3) is 0 Å². The summed E-state index contributed by atoms with van der Waals surface area (Å²) >= 11 is 7.41. The van der Waals surface area contributed by atoms with Crippen LogP contribution in [-0.2, 0) is 0 Å². The van der Waals surface area contributed by atoms with E-state index in [1.54, 1.807) is 0 Å². The van der Waals surface area contributed by atoms with E-state index in [9.17, 15) is 0 Å². The second kappa shape index (κ2) is 28.5. The lowest BCUT2D eigenvalue weighted by atomic mass is 9.88. The van der Waals surface area contributed by atoms with Crippen molar-refractivity contribution in [2.45, 2.75) is 0 Å². The molecule has 22 aromatic rings. The Morgan fingerprint density at radius 3 is 0.857 bits per heavy atom. The van der Waals surface area contributed by atoms with Gasteiger partial charge in [-0.05, 0) is 158 Å². The number of thiophene rings is 4. The van der Waals surface area contributed by atoms with Crippen molar-refractivity contribution in [3.05, 3.63) is 388 Å². The molecule has 0 fully saturated rings. The minimum atomic E-state index is 0.701. The Kier molecular flexibility index (Phi) is 17.0. The van der Waals surface area contributed by atoms with Crippen LogP contribution in [0.5, 0.6) is 0 Å². The Labute approximate surface area is 663 Å². The molecular weight excluding hydrogens is 1430 g/mol. The third-order valence-electron chi connectivity index (χ3n) is 21.5. The number of nitrogens with zero attached hydrogens (tertiary/aromatic N) is 4. The van der Waals surface area contributed by atoms with Crippen molar-refractivity contribution < 1.29 is 0 Å². The molecule has 0 saturated carbocycles. The summed E-state index contributed by atoms with van der Waals surface area (Å²) in [6.07, 6.45) is 0. The number of benzene rings is 16. The van der Waals surface area contributed by atoms with E-state index in [2.05, 4.69) is 364 Å². The Morgan fingerprint density at radius 2 is 0.429 bits per heavy atom. The van der Waals surface area contributed by atoms with Crippen LogP contribution in [0.1, 0.15) is 0 Å². The lowest BCUT2D eigenvalue weighted by Gasteiger charge is -2.18. The van der Waals surface area contributed by atoms with Crippen LogP contribution in [0.25, 0.3) is 215 Å². The van der Waals surface area contributed by atoms with Crippen molar-refractivity contribution >= 4 is 126 Å². The van der Waals surface area contributed by atoms with Crippen LogP contribution in [0.3, 0.4) is 0 Å². The zero-order valence-electron chi connectivity index (χ0n) is 60.4. The molecule has 4 nitrogen and oxygen atoms in total. The SMILES string of the molecule is c1ccc(-c2ccc(-c3cc(-c4ccc(-c5ccc6sc7ccccc7c6c5)c(-c5ccc6sc7ccccc7c6c5)c4)nc(-c4ccccc4)n3)cc2)cc1.c1ccc(-c2ccc(-c3cc(-c4cccc(-c5ccc6sc7ccccc7c6c5)c4-c4ccc5sc6ccccc6c5c4)nc(-c4ccccc4)n3)cc2)cc1. The predicted molar refractivity (Wildman–Crippen MR) is 481 cm³/mol. The van der Waals surface area contributed by atoms with Gasteiger partial charge in [-0.1, -0.05) is 297 Å². The zero-order valence-corrected chi connectivity index (χ0v) is 63.6. The standard InChI is InChI=1S/2C52H32N2S2/c1-3-12-33(13-4-1)34-22-24-35(25-23-34)45-32-46(54-52(53-45)36-14-5-2-6-15-36)42-19-11-18-39(37-26-28-49-43(30-37)40-16-7-9-20-47(40)55-49)51(42)38-27-29-50-44(31-38)41-17-8-10-21-48(41)56-50;1-3-11-33(12-4-1)34-19-21-35(22-20-34)46-32-47(54-52(53-46)36-13-5-2-6-14-36)39-23-26-40(37-24-27-50-44(29-37)41-15-7-9-17-48(41)55-50)43(31-39)38-25-28-51-45(30-38)42-16-8-10-18-49(42)56-51/h2*1-32H. The molecule has 0 aliphatic heterocycles. The second-order valence-electron chi connectivity index (χ2n) is 28.3. The lowest BCUT2D eigenvalue weighted by molar-refractivity contribution is 1.18. The van der Waals surface area contributed by atoms with E-state index < -0.39 is 0 Å². The summed E-state index contributed by atoms with van der Waals surface area (Å²) in [6, 6.07) is 140. The van der Waals surface area contributed by atoms with Crippen LogP contribution in [0.4, 0.5) is 0 Å². The molecule has 0 atom stereocenters. The van der Waals surface area contributed by atoms with E-state index >= 15 is 0 Å². The third kappa shape index (κ3) is 12.5. The molecule has 524 valence electrons. The van der Waals surface area contributed by atoms with Gasteiger partial charge in [0.15, 0.2) is 11.6 Å². The minimum absolute atomic E-state index is 0.701. The van der Waals surface area contributed by atoms with Crippen molar-refractivity contribution in [3.63, 3.8) is 0 Å². The average Bonchev–Trinajstić information content (AvgIpc) is 1.34. The number of rotatable bonds is 12. The molecule has 16 aromatic carbocycles. The molecule has 6 heterocycles. The molecule has 0 amide bonds. The maximum Gasteiger partial charge on any atom is 0.160 e. The van der Waals surface area contributed by atoms with Crippen molar-refractivity contribution in [1.29, 1.82) is 0 Å². The highest BCUT2D eigenvalue weighted by atomic mass is 32.1. The van der Waals surface area contributed by atoms with Gasteiger partial charge in [-0.15, -0.1) is 45.3 Å². The molecule has 0 unspecified atom stereocenters. The van der Waals surface area contributed by atoms with E-state index in [-0.39, 0.29) is 0 Å². The number of hydrogen-bond donors (Lipinski definition) is 0. The molecule has 0 N–H and O–H groups in total. The van der Waals surface area contributed by atoms with Gasteiger partial charge < -0.3 is 0 Å². The van der Waals surface area contributed by atoms with Gasteiger partial charge in [0, 0.05) is 114 Å². The first-order valence-electron chi connectivity index (χ1n) is 37.6. The molecule has 6 aromatic heterocycles. The lowest BCUT2D eigenvalue weighted by Crippen LogP contribution is -1.98. The normalized spacial score (nSPS) is 11.6. The summed E-state index contributed by atoms with van der Waals surface area (Å²) in [6.45, 7) is 0. The van der Waals surface area contributed by atoms with E-state index in [1.165, 1.54) is 136 Å². The molecule has 0 aliphatic carbocycles. The summed E-state index contributed by atoms with van der Waals surface area (Å²) in [5, 5.41) is 10.3. The highest BCUT2D eigenvalue weighted by molar-refractivity contribution is 7.27. The molecule has 8 heteroatoms. The summed E-state index contributed by atoms with van der Waals surface area (Å²) in [5.74, 6) is 1.41. The highest BCUT2D eigenvalue weighted by Crippen LogP contribution is 2.48. The van der Waals surface area contributed by atoms with Gasteiger partial charge in [-0.2, -0.15) is 0 Å². The largest absolute Gasteiger partial charge is 0.228 e. The van der Waals surface area contributed by atoms with Gasteiger partial charge in [-0.25, -0.2) is 19.9 Å². The smallest absolute Gasteiger partial charge is 0.160 e. The first kappa shape index (κ1) is 66.7. The molecule has 0 radical (unpaired) electrons. The molecule has 0 saturated heterocycles. The number of hydrogen-bond acceptors (Lipinski definition) is 8. The number of aromatic nitrogens is 4. The minimum Gasteiger partial charge on any atom is -0.228 e. The number of fused-ring (bicyclic) bond motifs is 12. The fourth-order valence-corrected chi connectivity index (χ4v) is 20.3. The maximum atomic E-state index is 5.36. The van der Waals surface area contributed by atoms with Crippen LogP contribution >= 0.6 is 45.3 Å². The fraction of sp³-hybridized carbons (Fsp3) is 0.